The predicted octanol–water partition coefficient (Wildman–Crippen LogP) is 1.22. The largest absolute Gasteiger partial charge is 0.335 e. The Morgan fingerprint density at radius 2 is 2.09 bits per heavy atom. The van der Waals surface area contributed by atoms with E-state index in [1.165, 1.54) is 0 Å². The van der Waals surface area contributed by atoms with Gasteiger partial charge in [0.2, 0.25) is 5.91 Å². The molecule has 2 heterocycles. The summed E-state index contributed by atoms with van der Waals surface area (Å²) in [6.45, 7) is 2.23. The van der Waals surface area contributed by atoms with Crippen molar-refractivity contribution in [2.45, 2.75) is 32.2 Å². The quantitative estimate of drug-likeness (QED) is 0.836. The van der Waals surface area contributed by atoms with Crippen LogP contribution in [0.2, 0.25) is 0 Å². The molecule has 0 aliphatic carbocycles. The Balaban J connectivity index is 1.84. The third kappa shape index (κ3) is 3.39. The molecule has 0 radical (unpaired) electrons. The molecule has 0 aromatic heterocycles. The van der Waals surface area contributed by atoms with Gasteiger partial charge in [-0.25, -0.2) is 8.42 Å². The van der Waals surface area contributed by atoms with E-state index >= 15 is 0 Å². The topological polar surface area (TPSA) is 83.6 Å². The SMILES string of the molecule is CC1CS(=O)(=O)CCCN1C(=O)c1ccc2c(c1)CCC(=O)N2. The number of carbonyl (C=O) groups excluding carboxylic acids is 2. The molecule has 6 nitrogen and oxygen atoms in total. The highest BCUT2D eigenvalue weighted by Crippen LogP contribution is 2.25. The number of sulfone groups is 1. The minimum absolute atomic E-state index is 0.0112. The third-order valence-electron chi connectivity index (χ3n) is 4.39. The summed E-state index contributed by atoms with van der Waals surface area (Å²) < 4.78 is 23.7. The highest BCUT2D eigenvalue weighted by atomic mass is 32.2. The van der Waals surface area contributed by atoms with Gasteiger partial charge in [-0.3, -0.25) is 9.59 Å². The molecule has 1 atom stereocenters. The van der Waals surface area contributed by atoms with E-state index in [1.807, 2.05) is 6.07 Å². The Morgan fingerprint density at radius 1 is 1.30 bits per heavy atom. The predicted molar refractivity (Wildman–Crippen MR) is 87.2 cm³/mol. The fourth-order valence-electron chi connectivity index (χ4n) is 3.20. The van der Waals surface area contributed by atoms with Crippen LogP contribution in [0.15, 0.2) is 18.2 Å². The lowest BCUT2D eigenvalue weighted by Crippen LogP contribution is -2.41. The van der Waals surface area contributed by atoms with Crippen molar-refractivity contribution in [1.29, 1.82) is 0 Å². The molecule has 0 spiro atoms. The van der Waals surface area contributed by atoms with E-state index in [9.17, 15) is 18.0 Å². The maximum absolute atomic E-state index is 12.8. The molecule has 2 aliphatic heterocycles. The molecule has 124 valence electrons. The van der Waals surface area contributed by atoms with Gasteiger partial charge in [0.05, 0.1) is 11.5 Å². The van der Waals surface area contributed by atoms with E-state index in [0.717, 1.165) is 11.3 Å². The van der Waals surface area contributed by atoms with Crippen LogP contribution in [0.3, 0.4) is 0 Å². The van der Waals surface area contributed by atoms with Crippen LogP contribution in [-0.2, 0) is 21.1 Å². The molecular formula is C16H20N2O4S. The number of anilines is 1. The zero-order valence-corrected chi connectivity index (χ0v) is 13.9. The summed E-state index contributed by atoms with van der Waals surface area (Å²) in [7, 11) is -3.08. The van der Waals surface area contributed by atoms with Gasteiger partial charge in [-0.15, -0.1) is 0 Å². The second kappa shape index (κ2) is 5.96. The fraction of sp³-hybridized carbons (Fsp3) is 0.500. The summed E-state index contributed by atoms with van der Waals surface area (Å²) in [6.07, 6.45) is 1.51. The normalized spacial score (nSPS) is 23.6. The van der Waals surface area contributed by atoms with Crippen molar-refractivity contribution in [3.8, 4) is 0 Å². The van der Waals surface area contributed by atoms with Gasteiger partial charge in [0.1, 0.15) is 0 Å². The summed E-state index contributed by atoms with van der Waals surface area (Å²) >= 11 is 0. The molecule has 0 saturated carbocycles. The number of hydrogen-bond donors (Lipinski definition) is 1. The number of amides is 2. The van der Waals surface area contributed by atoms with E-state index in [-0.39, 0.29) is 29.4 Å². The Hall–Kier alpha value is -1.89. The van der Waals surface area contributed by atoms with Gasteiger partial charge in [0.25, 0.3) is 5.91 Å². The molecular weight excluding hydrogens is 316 g/mol. The molecule has 3 rings (SSSR count). The van der Waals surface area contributed by atoms with Crippen molar-refractivity contribution in [2.24, 2.45) is 0 Å². The number of carbonyl (C=O) groups is 2. The zero-order valence-electron chi connectivity index (χ0n) is 13.0. The standard InChI is InChI=1S/C16H20N2O4S/c1-11-10-23(21,22)8-2-7-18(11)16(20)13-3-5-14-12(9-13)4-6-15(19)17-14/h3,5,9,11H,2,4,6-8,10H2,1H3,(H,17,19). The van der Waals surface area contributed by atoms with Gasteiger partial charge in [0, 0.05) is 30.3 Å². The van der Waals surface area contributed by atoms with Gasteiger partial charge in [-0.2, -0.15) is 0 Å². The Morgan fingerprint density at radius 3 is 2.87 bits per heavy atom. The van der Waals surface area contributed by atoms with Crippen LogP contribution in [0.1, 0.15) is 35.7 Å². The minimum atomic E-state index is -3.08. The van der Waals surface area contributed by atoms with E-state index in [0.29, 0.717) is 31.4 Å². The van der Waals surface area contributed by atoms with Crippen molar-refractivity contribution >= 4 is 27.3 Å². The lowest BCUT2D eigenvalue weighted by molar-refractivity contribution is -0.116. The highest BCUT2D eigenvalue weighted by molar-refractivity contribution is 7.91. The smallest absolute Gasteiger partial charge is 0.254 e. The van der Waals surface area contributed by atoms with Crippen LogP contribution < -0.4 is 5.32 Å². The second-order valence-electron chi connectivity index (χ2n) is 6.24. The first-order valence-electron chi connectivity index (χ1n) is 7.80. The highest BCUT2D eigenvalue weighted by Gasteiger charge is 2.29. The van der Waals surface area contributed by atoms with E-state index in [4.69, 9.17) is 0 Å². The first kappa shape index (κ1) is 16.0. The number of nitrogens with one attached hydrogen (secondary N) is 1. The van der Waals surface area contributed by atoms with Gasteiger partial charge in [-0.1, -0.05) is 0 Å². The van der Waals surface area contributed by atoms with Crippen molar-refractivity contribution < 1.29 is 18.0 Å². The third-order valence-corrected chi connectivity index (χ3v) is 6.29. The van der Waals surface area contributed by atoms with Crippen LogP contribution in [-0.4, -0.2) is 49.2 Å². The van der Waals surface area contributed by atoms with Crippen molar-refractivity contribution in [3.63, 3.8) is 0 Å². The van der Waals surface area contributed by atoms with Crippen LogP contribution >= 0.6 is 0 Å². The lowest BCUT2D eigenvalue weighted by atomic mass is 9.99. The molecule has 1 aromatic rings. The summed E-state index contributed by atoms with van der Waals surface area (Å²) in [4.78, 5) is 25.8. The van der Waals surface area contributed by atoms with Crippen LogP contribution in [0.25, 0.3) is 0 Å². The lowest BCUT2D eigenvalue weighted by Gasteiger charge is -2.27. The summed E-state index contributed by atoms with van der Waals surface area (Å²) in [6, 6.07) is 4.92. The maximum atomic E-state index is 12.8. The van der Waals surface area contributed by atoms with Crippen LogP contribution in [0.5, 0.6) is 0 Å². The molecule has 7 heteroatoms. The molecule has 1 saturated heterocycles. The average molecular weight is 336 g/mol. The Labute approximate surface area is 135 Å². The summed E-state index contributed by atoms with van der Waals surface area (Å²) in [5, 5.41) is 2.79. The zero-order chi connectivity index (χ0) is 16.6. The van der Waals surface area contributed by atoms with Gasteiger partial charge in [-0.05, 0) is 43.5 Å². The number of hydrogen-bond acceptors (Lipinski definition) is 4. The molecule has 1 aromatic carbocycles. The maximum Gasteiger partial charge on any atom is 0.254 e. The fourth-order valence-corrected chi connectivity index (χ4v) is 4.85. The Bertz CT molecular complexity index is 757. The van der Waals surface area contributed by atoms with Gasteiger partial charge in [0.15, 0.2) is 9.84 Å². The molecule has 1 N–H and O–H groups in total. The molecule has 2 aliphatic rings. The number of benzene rings is 1. The van der Waals surface area contributed by atoms with Crippen molar-refractivity contribution in [2.75, 3.05) is 23.4 Å². The molecule has 2 amide bonds. The van der Waals surface area contributed by atoms with Crippen molar-refractivity contribution in [3.05, 3.63) is 29.3 Å². The van der Waals surface area contributed by atoms with Crippen molar-refractivity contribution in [1.82, 2.24) is 4.90 Å². The van der Waals surface area contributed by atoms with E-state index in [2.05, 4.69) is 5.32 Å². The molecule has 0 bridgehead atoms. The van der Waals surface area contributed by atoms with Crippen LogP contribution in [0.4, 0.5) is 5.69 Å². The first-order valence-corrected chi connectivity index (χ1v) is 9.62. The number of nitrogens with zero attached hydrogens (tertiary/aromatic N) is 1. The van der Waals surface area contributed by atoms with E-state index in [1.54, 1.807) is 24.0 Å². The molecule has 1 fully saturated rings. The van der Waals surface area contributed by atoms with Crippen LogP contribution in [0, 0.1) is 0 Å². The average Bonchev–Trinajstić information content (AvgIpc) is 2.63. The first-order chi connectivity index (χ1) is 10.9. The summed E-state index contributed by atoms with van der Waals surface area (Å²) in [5.74, 6) is -0.00547. The Kier molecular flexibility index (Phi) is 4.14. The number of fused-ring (bicyclic) bond motifs is 1. The van der Waals surface area contributed by atoms with E-state index < -0.39 is 9.84 Å². The molecule has 23 heavy (non-hydrogen) atoms. The van der Waals surface area contributed by atoms with Gasteiger partial charge < -0.3 is 10.2 Å². The molecule has 1 unspecified atom stereocenters. The monoisotopic (exact) mass is 336 g/mol. The summed E-state index contributed by atoms with van der Waals surface area (Å²) in [5.41, 5.74) is 2.25. The minimum Gasteiger partial charge on any atom is -0.335 e. The number of aryl methyl sites for hydroxylation is 1. The second-order valence-corrected chi connectivity index (χ2v) is 8.46. The number of rotatable bonds is 1. The van der Waals surface area contributed by atoms with Gasteiger partial charge >= 0.3 is 0 Å².